The molecule has 0 bridgehead atoms. The summed E-state index contributed by atoms with van der Waals surface area (Å²) >= 11 is 11.7. The maximum atomic E-state index is 12.4. The van der Waals surface area contributed by atoms with Crippen LogP contribution < -0.4 is 10.0 Å². The average molecular weight is 373 g/mol. The number of hydrogen-bond acceptors (Lipinski definition) is 3. The van der Waals surface area contributed by atoms with Crippen LogP contribution in [0, 0.1) is 6.92 Å². The Morgan fingerprint density at radius 1 is 1.04 bits per heavy atom. The molecule has 0 atom stereocenters. The molecule has 8 heteroatoms. The average Bonchev–Trinajstić information content (AvgIpc) is 2.51. The van der Waals surface area contributed by atoms with Crippen molar-refractivity contribution < 1.29 is 13.2 Å². The van der Waals surface area contributed by atoms with Crippen molar-refractivity contribution in [2.75, 3.05) is 12.4 Å². The molecule has 2 aromatic carbocycles. The van der Waals surface area contributed by atoms with Gasteiger partial charge in [0.1, 0.15) is 0 Å². The van der Waals surface area contributed by atoms with Gasteiger partial charge in [0.2, 0.25) is 10.0 Å². The van der Waals surface area contributed by atoms with Crippen LogP contribution >= 0.6 is 23.2 Å². The van der Waals surface area contributed by atoms with Gasteiger partial charge in [-0.1, -0.05) is 29.3 Å². The molecule has 0 saturated heterocycles. The van der Waals surface area contributed by atoms with Gasteiger partial charge >= 0.3 is 0 Å². The number of nitrogens with one attached hydrogen (secondary N) is 2. The van der Waals surface area contributed by atoms with Crippen LogP contribution in [0.1, 0.15) is 15.9 Å². The zero-order valence-electron chi connectivity index (χ0n) is 12.4. The van der Waals surface area contributed by atoms with Gasteiger partial charge in [0.05, 0.1) is 14.9 Å². The summed E-state index contributed by atoms with van der Waals surface area (Å²) in [7, 11) is -2.31. The number of carbonyl (C=O) groups is 1. The highest BCUT2D eigenvalue weighted by Gasteiger charge is 2.17. The molecule has 0 fully saturated rings. The molecular weight excluding hydrogens is 359 g/mol. The van der Waals surface area contributed by atoms with Crippen molar-refractivity contribution in [3.05, 3.63) is 57.6 Å². The first-order valence-electron chi connectivity index (χ1n) is 6.55. The Balaban J connectivity index is 2.35. The van der Waals surface area contributed by atoms with Gasteiger partial charge in [-0.3, -0.25) is 4.79 Å². The van der Waals surface area contributed by atoms with Gasteiger partial charge in [-0.2, -0.15) is 0 Å². The van der Waals surface area contributed by atoms with Crippen LogP contribution in [0.3, 0.4) is 0 Å². The van der Waals surface area contributed by atoms with E-state index in [0.717, 1.165) is 0 Å². The predicted molar refractivity (Wildman–Crippen MR) is 91.8 cm³/mol. The number of aryl methyl sites for hydroxylation is 1. The molecule has 0 aliphatic carbocycles. The first-order valence-corrected chi connectivity index (χ1v) is 8.79. The lowest BCUT2D eigenvalue weighted by Crippen LogP contribution is -2.20. The Kier molecular flexibility index (Phi) is 5.31. The van der Waals surface area contributed by atoms with Crippen molar-refractivity contribution in [3.8, 4) is 0 Å². The van der Waals surface area contributed by atoms with Crippen LogP contribution in [-0.4, -0.2) is 21.4 Å². The number of hydrogen-bond donors (Lipinski definition) is 2. The summed E-state index contributed by atoms with van der Waals surface area (Å²) in [6.07, 6.45) is 0. The lowest BCUT2D eigenvalue weighted by Gasteiger charge is -2.10. The normalized spacial score (nSPS) is 11.3. The number of anilines is 1. The van der Waals surface area contributed by atoms with E-state index >= 15 is 0 Å². The van der Waals surface area contributed by atoms with E-state index in [9.17, 15) is 13.2 Å². The van der Waals surface area contributed by atoms with Gasteiger partial charge < -0.3 is 5.32 Å². The smallest absolute Gasteiger partial charge is 0.255 e. The molecule has 0 spiro atoms. The van der Waals surface area contributed by atoms with E-state index < -0.39 is 15.9 Å². The summed E-state index contributed by atoms with van der Waals surface area (Å²) in [4.78, 5) is 12.4. The Morgan fingerprint density at radius 3 is 2.35 bits per heavy atom. The Labute approximate surface area is 144 Å². The minimum atomic E-state index is -3.62. The van der Waals surface area contributed by atoms with Gasteiger partial charge in [-0.25, -0.2) is 13.1 Å². The highest BCUT2D eigenvalue weighted by Crippen LogP contribution is 2.25. The molecule has 0 aromatic heterocycles. The van der Waals surface area contributed by atoms with Crippen molar-refractivity contribution in [2.45, 2.75) is 11.8 Å². The second-order valence-corrected chi connectivity index (χ2v) is 7.47. The zero-order valence-corrected chi connectivity index (χ0v) is 14.7. The molecule has 1 amide bonds. The van der Waals surface area contributed by atoms with Crippen LogP contribution in [0.2, 0.25) is 10.0 Å². The summed E-state index contributed by atoms with van der Waals surface area (Å²) < 4.78 is 25.9. The maximum absolute atomic E-state index is 12.4. The number of carbonyl (C=O) groups excluding carboxylic acids is 1. The quantitative estimate of drug-likeness (QED) is 0.862. The first kappa shape index (κ1) is 17.7. The van der Waals surface area contributed by atoms with Gasteiger partial charge in [0.25, 0.3) is 5.91 Å². The van der Waals surface area contributed by atoms with Crippen LogP contribution in [-0.2, 0) is 10.0 Å². The topological polar surface area (TPSA) is 75.3 Å². The van der Waals surface area contributed by atoms with E-state index in [-0.39, 0.29) is 10.5 Å². The third-order valence-electron chi connectivity index (χ3n) is 3.21. The SMILES string of the molecule is CNS(=O)(=O)c1ccc(C)c(C(=O)Nc2ccc(Cl)c(Cl)c2)c1. The van der Waals surface area contributed by atoms with Crippen molar-refractivity contribution in [2.24, 2.45) is 0 Å². The fourth-order valence-corrected chi connectivity index (χ4v) is 2.96. The second-order valence-electron chi connectivity index (χ2n) is 4.77. The van der Waals surface area contributed by atoms with Crippen LogP contribution in [0.4, 0.5) is 5.69 Å². The van der Waals surface area contributed by atoms with Crippen LogP contribution in [0.15, 0.2) is 41.3 Å². The van der Waals surface area contributed by atoms with Gasteiger partial charge in [0.15, 0.2) is 0 Å². The van der Waals surface area contributed by atoms with Crippen molar-refractivity contribution in [1.29, 1.82) is 0 Å². The lowest BCUT2D eigenvalue weighted by molar-refractivity contribution is 0.102. The van der Waals surface area contributed by atoms with Crippen LogP contribution in [0.25, 0.3) is 0 Å². The van der Waals surface area contributed by atoms with E-state index in [1.807, 2.05) is 0 Å². The van der Waals surface area contributed by atoms with E-state index in [0.29, 0.717) is 21.3 Å². The second kappa shape index (κ2) is 6.88. The van der Waals surface area contributed by atoms with E-state index in [4.69, 9.17) is 23.2 Å². The molecule has 0 heterocycles. The van der Waals surface area contributed by atoms with E-state index in [2.05, 4.69) is 10.0 Å². The summed E-state index contributed by atoms with van der Waals surface area (Å²) in [6.45, 7) is 1.72. The number of amides is 1. The van der Waals surface area contributed by atoms with Gasteiger partial charge in [-0.05, 0) is 49.9 Å². The molecule has 0 radical (unpaired) electrons. The molecule has 2 aromatic rings. The fourth-order valence-electron chi connectivity index (χ4n) is 1.90. The first-order chi connectivity index (χ1) is 10.7. The number of benzene rings is 2. The molecular formula is C15H14Cl2N2O3S. The number of halogens is 2. The van der Waals surface area contributed by atoms with E-state index in [1.54, 1.807) is 25.1 Å². The minimum Gasteiger partial charge on any atom is -0.322 e. The molecule has 2 rings (SSSR count). The largest absolute Gasteiger partial charge is 0.322 e. The fraction of sp³-hybridized carbons (Fsp3) is 0.133. The van der Waals surface area contributed by atoms with Gasteiger partial charge in [0, 0.05) is 11.3 Å². The van der Waals surface area contributed by atoms with Crippen LogP contribution in [0.5, 0.6) is 0 Å². The van der Waals surface area contributed by atoms with Crippen molar-refractivity contribution >= 4 is 44.8 Å². The molecule has 0 aliphatic rings. The molecule has 0 saturated carbocycles. The van der Waals surface area contributed by atoms with Crippen molar-refractivity contribution in [1.82, 2.24) is 4.72 Å². The molecule has 5 nitrogen and oxygen atoms in total. The maximum Gasteiger partial charge on any atom is 0.255 e. The molecule has 122 valence electrons. The highest BCUT2D eigenvalue weighted by molar-refractivity contribution is 7.89. The lowest BCUT2D eigenvalue weighted by atomic mass is 10.1. The molecule has 0 aliphatic heterocycles. The van der Waals surface area contributed by atoms with Crippen molar-refractivity contribution in [3.63, 3.8) is 0 Å². The summed E-state index contributed by atoms with van der Waals surface area (Å²) in [6, 6.07) is 9.04. The van der Waals surface area contributed by atoms with Gasteiger partial charge in [-0.15, -0.1) is 0 Å². The standard InChI is InChI=1S/C15H14Cl2N2O3S/c1-9-3-5-11(23(21,22)18-2)8-12(9)15(20)19-10-4-6-13(16)14(17)7-10/h3-8,18H,1-2H3,(H,19,20). The third kappa shape index (κ3) is 4.03. The minimum absolute atomic E-state index is 0.0184. The summed E-state index contributed by atoms with van der Waals surface area (Å²) in [5, 5.41) is 3.36. The number of rotatable bonds is 4. The monoisotopic (exact) mass is 372 g/mol. The highest BCUT2D eigenvalue weighted by atomic mass is 35.5. The Morgan fingerprint density at radius 2 is 1.74 bits per heavy atom. The molecule has 2 N–H and O–H groups in total. The number of sulfonamides is 1. The summed E-state index contributed by atoms with van der Waals surface area (Å²) in [5.41, 5.74) is 1.37. The predicted octanol–water partition coefficient (Wildman–Crippen LogP) is 3.46. The molecule has 0 unspecified atom stereocenters. The molecule has 23 heavy (non-hydrogen) atoms. The Hall–Kier alpha value is -1.60. The Bertz CT molecular complexity index is 867. The van der Waals surface area contributed by atoms with E-state index in [1.165, 1.54) is 25.2 Å². The zero-order chi connectivity index (χ0) is 17.2. The summed E-state index contributed by atoms with van der Waals surface area (Å²) in [5.74, 6) is -0.436. The third-order valence-corrected chi connectivity index (χ3v) is 5.36.